The van der Waals surface area contributed by atoms with Gasteiger partial charge in [-0.2, -0.15) is 0 Å². The molecule has 0 heterocycles. The molecule has 3 aliphatic carbocycles. The van der Waals surface area contributed by atoms with Crippen molar-refractivity contribution in [3.63, 3.8) is 0 Å². The Bertz CT molecular complexity index is 3080. The first kappa shape index (κ1) is 45.9. The smallest absolute Gasteiger partial charge is 0.0558 e. The fourth-order valence-corrected chi connectivity index (χ4v) is 9.94. The summed E-state index contributed by atoms with van der Waals surface area (Å²) in [5.74, 6) is 0. The first-order valence-electron chi connectivity index (χ1n) is 25.0. The summed E-state index contributed by atoms with van der Waals surface area (Å²) in [6, 6.07) is 63.0. The molecule has 0 N–H and O–H groups in total. The summed E-state index contributed by atoms with van der Waals surface area (Å²) in [7, 11) is 0. The summed E-state index contributed by atoms with van der Waals surface area (Å²) in [4.78, 5) is 9.74. The van der Waals surface area contributed by atoms with Gasteiger partial charge in [-0.3, -0.25) is 0 Å². The van der Waals surface area contributed by atoms with Gasteiger partial charge in [0.15, 0.2) is 0 Å². The molecule has 0 fully saturated rings. The number of allylic oxidation sites excluding steroid dienone is 9. The molecule has 0 spiro atoms. The molecular formula is C66H64N4. The van der Waals surface area contributed by atoms with Crippen molar-refractivity contribution in [3.05, 3.63) is 268 Å². The van der Waals surface area contributed by atoms with E-state index in [1.807, 2.05) is 0 Å². The van der Waals surface area contributed by atoms with Crippen molar-refractivity contribution in [1.29, 1.82) is 0 Å². The maximum Gasteiger partial charge on any atom is 0.0558 e. The van der Waals surface area contributed by atoms with E-state index >= 15 is 0 Å². The lowest BCUT2D eigenvalue weighted by Crippen LogP contribution is -2.35. The third-order valence-corrected chi connectivity index (χ3v) is 14.1. The van der Waals surface area contributed by atoms with E-state index < -0.39 is 0 Å². The Morgan fingerprint density at radius 2 is 0.729 bits per heavy atom. The first-order chi connectivity index (χ1) is 34.1. The van der Waals surface area contributed by atoms with Gasteiger partial charge in [0.2, 0.25) is 0 Å². The number of nitrogens with zero attached hydrogens (tertiary/aromatic N) is 4. The van der Waals surface area contributed by atoms with Gasteiger partial charge in [-0.05, 0) is 200 Å². The molecule has 0 aromatic heterocycles. The lowest BCUT2D eigenvalue weighted by molar-refractivity contribution is 0.718. The Morgan fingerprint density at radius 3 is 1.13 bits per heavy atom. The zero-order valence-electron chi connectivity index (χ0n) is 41.6. The van der Waals surface area contributed by atoms with Crippen molar-refractivity contribution in [1.82, 2.24) is 0 Å². The van der Waals surface area contributed by atoms with Gasteiger partial charge in [0.1, 0.15) is 0 Å². The van der Waals surface area contributed by atoms with E-state index in [1.165, 1.54) is 84.4 Å². The van der Waals surface area contributed by atoms with Gasteiger partial charge in [0.05, 0.1) is 6.04 Å². The topological polar surface area (TPSA) is 13.0 Å². The van der Waals surface area contributed by atoms with E-state index in [0.29, 0.717) is 0 Å². The standard InChI is InChI=1S/C66H64N4/c1-47-7-23-55(24-8-47)67(56-25-9-48(2)10-26-56)63-39-43-65(44-40-63)69(59-31-15-51(5)16-32-59)61-35-19-53(20-36-61)54-21-37-62(38-22-54)70(60-33-17-52(6)18-34-60)66-45-41-64(42-46-66)68(57-27-11-49(3)12-28-57)58-29-13-50(4)14-30-58/h7-13,15-19,21-29,31-35,37-43,45-46,65H,14,20,30,36,44H2,1-6H3. The van der Waals surface area contributed by atoms with Crippen molar-refractivity contribution >= 4 is 51.1 Å². The lowest BCUT2D eigenvalue weighted by atomic mass is 9.93. The first-order valence-corrected chi connectivity index (χ1v) is 25.0. The lowest BCUT2D eigenvalue weighted by Gasteiger charge is -2.37. The van der Waals surface area contributed by atoms with Crippen LogP contribution in [0.3, 0.4) is 0 Å². The highest BCUT2D eigenvalue weighted by molar-refractivity contribution is 5.81. The van der Waals surface area contributed by atoms with E-state index in [-0.39, 0.29) is 6.04 Å². The number of rotatable bonds is 13. The molecule has 348 valence electrons. The van der Waals surface area contributed by atoms with Crippen LogP contribution in [0.15, 0.2) is 235 Å². The number of anilines is 8. The van der Waals surface area contributed by atoms with E-state index in [9.17, 15) is 0 Å². The summed E-state index contributed by atoms with van der Waals surface area (Å²) < 4.78 is 0. The highest BCUT2D eigenvalue weighted by atomic mass is 15.2. The largest absolute Gasteiger partial charge is 0.338 e. The van der Waals surface area contributed by atoms with Crippen molar-refractivity contribution in [2.75, 3.05) is 19.6 Å². The van der Waals surface area contributed by atoms with Crippen LogP contribution in [0.5, 0.6) is 0 Å². The summed E-state index contributed by atoms with van der Waals surface area (Å²) in [5, 5.41) is 0. The second-order valence-electron chi connectivity index (χ2n) is 19.4. The Kier molecular flexibility index (Phi) is 13.4. The van der Waals surface area contributed by atoms with Crippen LogP contribution in [0.4, 0.5) is 45.5 Å². The number of benzene rings is 7. The molecule has 0 aliphatic heterocycles. The molecule has 3 aliphatic rings. The van der Waals surface area contributed by atoms with Crippen LogP contribution in [0.2, 0.25) is 0 Å². The molecule has 4 heteroatoms. The van der Waals surface area contributed by atoms with Crippen LogP contribution in [0.1, 0.15) is 72.4 Å². The van der Waals surface area contributed by atoms with Crippen LogP contribution in [-0.4, -0.2) is 6.04 Å². The van der Waals surface area contributed by atoms with Crippen molar-refractivity contribution < 1.29 is 0 Å². The van der Waals surface area contributed by atoms with Gasteiger partial charge in [-0.15, -0.1) is 0 Å². The van der Waals surface area contributed by atoms with Gasteiger partial charge >= 0.3 is 0 Å². The fraction of sp³-hybridized carbons (Fsp3) is 0.182. The van der Waals surface area contributed by atoms with Crippen LogP contribution < -0.4 is 19.6 Å². The van der Waals surface area contributed by atoms with Crippen LogP contribution in [-0.2, 0) is 0 Å². The molecule has 1 atom stereocenters. The van der Waals surface area contributed by atoms with Gasteiger partial charge in [-0.25, -0.2) is 0 Å². The van der Waals surface area contributed by atoms with E-state index in [2.05, 4.69) is 274 Å². The minimum absolute atomic E-state index is 0.183. The minimum Gasteiger partial charge on any atom is -0.338 e. The van der Waals surface area contributed by atoms with E-state index in [0.717, 1.165) is 54.9 Å². The van der Waals surface area contributed by atoms with E-state index in [1.54, 1.807) is 0 Å². The number of hydrogen-bond donors (Lipinski definition) is 0. The van der Waals surface area contributed by atoms with Crippen molar-refractivity contribution in [2.24, 2.45) is 0 Å². The summed E-state index contributed by atoms with van der Waals surface area (Å²) in [6.45, 7) is 13.0. The normalized spacial score (nSPS) is 15.5. The Morgan fingerprint density at radius 1 is 0.343 bits per heavy atom. The minimum atomic E-state index is 0.183. The van der Waals surface area contributed by atoms with Gasteiger partial charge in [-0.1, -0.05) is 130 Å². The molecule has 0 radical (unpaired) electrons. The van der Waals surface area contributed by atoms with Crippen LogP contribution >= 0.6 is 0 Å². The Balaban J connectivity index is 0.919. The quantitative estimate of drug-likeness (QED) is 0.114. The van der Waals surface area contributed by atoms with Gasteiger partial charge in [0, 0.05) is 62.6 Å². The highest BCUT2D eigenvalue weighted by Gasteiger charge is 2.26. The zero-order chi connectivity index (χ0) is 48.1. The van der Waals surface area contributed by atoms with Crippen molar-refractivity contribution in [3.8, 4) is 0 Å². The van der Waals surface area contributed by atoms with Gasteiger partial charge < -0.3 is 19.6 Å². The van der Waals surface area contributed by atoms with Crippen LogP contribution in [0.25, 0.3) is 5.57 Å². The average molecular weight is 913 g/mol. The third kappa shape index (κ3) is 10.1. The monoisotopic (exact) mass is 913 g/mol. The molecule has 7 aromatic carbocycles. The second kappa shape index (κ2) is 20.4. The predicted molar refractivity (Wildman–Crippen MR) is 299 cm³/mol. The molecule has 0 saturated carbocycles. The van der Waals surface area contributed by atoms with Crippen LogP contribution in [0, 0.1) is 34.6 Å². The van der Waals surface area contributed by atoms with E-state index in [4.69, 9.17) is 0 Å². The maximum atomic E-state index is 2.57. The molecule has 10 rings (SSSR count). The third-order valence-electron chi connectivity index (χ3n) is 14.1. The molecule has 0 saturated heterocycles. The summed E-state index contributed by atoms with van der Waals surface area (Å²) in [6.07, 6.45) is 21.3. The molecule has 4 nitrogen and oxygen atoms in total. The molecule has 1 unspecified atom stereocenters. The highest BCUT2D eigenvalue weighted by Crippen LogP contribution is 2.41. The Hall–Kier alpha value is -7.82. The molecule has 0 bridgehead atoms. The van der Waals surface area contributed by atoms with Crippen molar-refractivity contribution in [2.45, 2.75) is 79.7 Å². The SMILES string of the molecule is CC1=CC=C(N(c2ccc(C)cc2)c2ccc(N(c3ccc(C)cc3)c3ccc(C4=CC=C(N(c5ccc(C)cc5)C5C=CC(N(c6ccc(C)cc6)c6ccc(C)cc6)=CC5)CC4)cc3)cc2)CC1. The summed E-state index contributed by atoms with van der Waals surface area (Å²) >= 11 is 0. The number of aryl methyl sites for hydroxylation is 5. The molecule has 7 aromatic rings. The predicted octanol–water partition coefficient (Wildman–Crippen LogP) is 18.1. The fourth-order valence-electron chi connectivity index (χ4n) is 9.94. The zero-order valence-corrected chi connectivity index (χ0v) is 41.6. The second-order valence-corrected chi connectivity index (χ2v) is 19.4. The number of hydrogen-bond acceptors (Lipinski definition) is 4. The summed E-state index contributed by atoms with van der Waals surface area (Å²) in [5.41, 5.74) is 23.5. The average Bonchev–Trinajstić information content (AvgIpc) is 3.39. The maximum absolute atomic E-state index is 2.57. The molecule has 0 amide bonds. The van der Waals surface area contributed by atoms with Gasteiger partial charge in [0.25, 0.3) is 0 Å². The molecule has 70 heavy (non-hydrogen) atoms. The Labute approximate surface area is 416 Å². The molecular weight excluding hydrogens is 849 g/mol.